The highest BCUT2D eigenvalue weighted by Gasteiger charge is 2.41. The van der Waals surface area contributed by atoms with Crippen LogP contribution < -0.4 is 54.4 Å². The fourth-order valence-electron chi connectivity index (χ4n) is 7.32. The smallest absolute Gasteiger partial charge is 0.490 e. The van der Waals surface area contributed by atoms with Crippen molar-refractivity contribution >= 4 is 92.6 Å². The number of carboxylic acids is 2. The zero-order chi connectivity index (χ0) is 57.6. The van der Waals surface area contributed by atoms with Gasteiger partial charge in [0.2, 0.25) is 59.1 Å². The van der Waals surface area contributed by atoms with Crippen molar-refractivity contribution in [3.63, 3.8) is 0 Å². The van der Waals surface area contributed by atoms with Gasteiger partial charge in [-0.25, -0.2) is 4.79 Å². The van der Waals surface area contributed by atoms with E-state index in [1.54, 1.807) is 27.7 Å². The Hall–Kier alpha value is -6.89. The Kier molecular flexibility index (Phi) is 26.8. The molecular formula is C45H66F3N11O15S2. The Bertz CT molecular complexity index is 2270. The van der Waals surface area contributed by atoms with Crippen molar-refractivity contribution in [1.29, 1.82) is 0 Å². The number of phenolic OH excluding ortho intramolecular Hbond substituents is 1. The van der Waals surface area contributed by atoms with Crippen LogP contribution in [-0.4, -0.2) is 170 Å². The summed E-state index contributed by atoms with van der Waals surface area (Å²) >= 11 is 0. The van der Waals surface area contributed by atoms with E-state index in [1.165, 1.54) is 29.2 Å². The number of carbonyl (C=O) groups excluding carboxylic acids is 10. The molecule has 10 amide bonds. The molecule has 0 unspecified atom stereocenters. The fraction of sp³-hybridized carbons (Fsp3) is 0.600. The average Bonchev–Trinajstić information content (AvgIpc) is 3.83. The van der Waals surface area contributed by atoms with E-state index in [0.29, 0.717) is 18.4 Å². The summed E-state index contributed by atoms with van der Waals surface area (Å²) in [4.78, 5) is 156. The van der Waals surface area contributed by atoms with E-state index in [9.17, 15) is 76.1 Å². The lowest BCUT2D eigenvalue weighted by Crippen LogP contribution is -2.61. The number of nitrogens with zero attached hydrogens (tertiary/aromatic N) is 1. The first-order valence-corrected chi connectivity index (χ1v) is 26.2. The summed E-state index contributed by atoms with van der Waals surface area (Å²) in [7, 11) is 2.00. The number of aliphatic carboxylic acids is 2. The lowest BCUT2D eigenvalue weighted by Gasteiger charge is -2.31. The molecule has 16 N–H and O–H groups in total. The Labute approximate surface area is 442 Å². The molecule has 26 nitrogen and oxygen atoms in total. The Morgan fingerprint density at radius 1 is 0.803 bits per heavy atom. The lowest BCUT2D eigenvalue weighted by atomic mass is 9.96. The van der Waals surface area contributed by atoms with Gasteiger partial charge in [0.05, 0.1) is 19.0 Å². The van der Waals surface area contributed by atoms with Crippen molar-refractivity contribution in [3.8, 4) is 5.75 Å². The van der Waals surface area contributed by atoms with Crippen LogP contribution in [0.3, 0.4) is 0 Å². The summed E-state index contributed by atoms with van der Waals surface area (Å²) in [6.07, 6.45) is -6.12. The van der Waals surface area contributed by atoms with E-state index in [2.05, 4.69) is 37.2 Å². The second kappa shape index (κ2) is 31.2. The number of likely N-dealkylation sites (tertiary alicyclic amines) is 1. The van der Waals surface area contributed by atoms with Crippen LogP contribution in [0.15, 0.2) is 24.3 Å². The van der Waals surface area contributed by atoms with E-state index < -0.39 is 157 Å². The molecule has 2 aliphatic rings. The molecular weight excluding hydrogens is 1060 g/mol. The van der Waals surface area contributed by atoms with Gasteiger partial charge in [-0.15, -0.1) is 0 Å². The normalized spacial score (nSPS) is 23.1. The van der Waals surface area contributed by atoms with Gasteiger partial charge in [-0.05, 0) is 55.2 Å². The molecule has 1 aromatic carbocycles. The largest absolute Gasteiger partial charge is 0.508 e. The van der Waals surface area contributed by atoms with Crippen molar-refractivity contribution < 1.29 is 86.0 Å². The van der Waals surface area contributed by atoms with Gasteiger partial charge in [0.1, 0.15) is 48.0 Å². The lowest BCUT2D eigenvalue weighted by molar-refractivity contribution is -0.192. The predicted molar refractivity (Wildman–Crippen MR) is 267 cm³/mol. The maximum absolute atomic E-state index is 14.5. The van der Waals surface area contributed by atoms with Crippen molar-refractivity contribution in [2.45, 2.75) is 134 Å². The molecule has 0 saturated carbocycles. The third kappa shape index (κ3) is 22.5. The first kappa shape index (κ1) is 65.2. The molecule has 9 atom stereocenters. The number of hydrogen-bond donors (Lipinski definition) is 13. The number of hydrogen-bond acceptors (Lipinski definition) is 16. The van der Waals surface area contributed by atoms with Crippen LogP contribution in [0.25, 0.3) is 0 Å². The van der Waals surface area contributed by atoms with Crippen LogP contribution in [0.1, 0.15) is 78.2 Å². The average molecular weight is 1120 g/mol. The summed E-state index contributed by atoms with van der Waals surface area (Å²) in [5.41, 5.74) is 17.4. The second-order valence-corrected chi connectivity index (χ2v) is 20.7. The van der Waals surface area contributed by atoms with Crippen molar-refractivity contribution in [3.05, 3.63) is 29.8 Å². The van der Waals surface area contributed by atoms with Crippen LogP contribution in [0, 0.1) is 11.8 Å². The number of halogens is 3. The molecule has 424 valence electrons. The number of carboxylic acid groups (broad SMARTS) is 2. The van der Waals surface area contributed by atoms with Crippen molar-refractivity contribution in [1.82, 2.24) is 42.1 Å². The Morgan fingerprint density at radius 3 is 1.92 bits per heavy atom. The molecule has 0 aromatic heterocycles. The quantitative estimate of drug-likeness (QED) is 0.0725. The highest BCUT2D eigenvalue weighted by molar-refractivity contribution is 8.76. The summed E-state index contributed by atoms with van der Waals surface area (Å²) in [6, 6.07) is -5.36. The minimum atomic E-state index is -5.08. The van der Waals surface area contributed by atoms with Gasteiger partial charge in [-0.1, -0.05) is 67.8 Å². The molecule has 31 heteroatoms. The highest BCUT2D eigenvalue weighted by atomic mass is 33.1. The number of primary amides is 2. The fourth-order valence-corrected chi connectivity index (χ4v) is 9.59. The molecule has 76 heavy (non-hydrogen) atoms. The number of nitrogens with two attached hydrogens (primary N) is 3. The van der Waals surface area contributed by atoms with E-state index >= 15 is 0 Å². The van der Waals surface area contributed by atoms with Gasteiger partial charge >= 0.3 is 18.1 Å². The van der Waals surface area contributed by atoms with Gasteiger partial charge < -0.3 is 74.6 Å². The van der Waals surface area contributed by atoms with Gasteiger partial charge in [-0.3, -0.25) is 52.7 Å². The first-order valence-electron chi connectivity index (χ1n) is 23.7. The molecule has 0 bridgehead atoms. The zero-order valence-corrected chi connectivity index (χ0v) is 43.6. The van der Waals surface area contributed by atoms with Gasteiger partial charge in [0.15, 0.2) is 0 Å². The van der Waals surface area contributed by atoms with Crippen molar-refractivity contribution in [2.75, 3.05) is 24.6 Å². The minimum Gasteiger partial charge on any atom is -0.508 e. The number of nitrogens with one attached hydrogen (secondary N) is 7. The minimum absolute atomic E-state index is 0.0297. The summed E-state index contributed by atoms with van der Waals surface area (Å²) in [5, 5.41) is 44.5. The Balaban J connectivity index is 0.00000263. The predicted octanol–water partition coefficient (Wildman–Crippen LogP) is -2.38. The summed E-state index contributed by atoms with van der Waals surface area (Å²) in [6.45, 7) is 6.53. The van der Waals surface area contributed by atoms with Crippen LogP contribution in [0.5, 0.6) is 5.75 Å². The van der Waals surface area contributed by atoms with Crippen LogP contribution >= 0.6 is 21.6 Å². The molecule has 0 aliphatic carbocycles. The Morgan fingerprint density at radius 2 is 1.37 bits per heavy atom. The van der Waals surface area contributed by atoms with Gasteiger partial charge in [0.25, 0.3) is 0 Å². The molecule has 2 fully saturated rings. The molecule has 0 radical (unpaired) electrons. The van der Waals surface area contributed by atoms with E-state index in [1.807, 2.05) is 0 Å². The number of phenols is 1. The first-order chi connectivity index (χ1) is 35.4. The monoisotopic (exact) mass is 1120 g/mol. The highest BCUT2D eigenvalue weighted by Crippen LogP contribution is 2.26. The standard InChI is InChI=1S/C43H65N11O13S2.C2HF3O2/c1-5-22(4)35-42(66)48-26(12-13-32(45)56)38(62)50-29(17-34(58)59)39(63)52-30(20-69-68-19-25(44)36(60)49-28(40(64)53-35)16-23-8-10-24(55)11-9-23)43(67)54-14-6-7-31(54)41(65)51-27(15-21(2)3)37(61)47-18-33(46)57;3-2(4,5)1(6)7/h8-11,21-22,25-31,35,55H,5-7,12-20,44H2,1-4H3,(H2,45,56)(H2,46,57)(H,47,61)(H,48,66)(H,49,60)(H,50,62)(H,51,65)(H,52,63)(H,53,64)(H,58,59);(H,6,7)/t22-,25-,26-,27-,28-,29+,30-,31-,35-;/m0./s1. The molecule has 3 rings (SSSR count). The molecule has 2 aliphatic heterocycles. The summed E-state index contributed by atoms with van der Waals surface area (Å²) in [5.74, 6) is -14.0. The number of amides is 10. The van der Waals surface area contributed by atoms with Crippen LogP contribution in [0.4, 0.5) is 13.2 Å². The third-order valence-corrected chi connectivity index (χ3v) is 13.9. The molecule has 0 spiro atoms. The topological polar surface area (TPSA) is 431 Å². The van der Waals surface area contributed by atoms with E-state index in [-0.39, 0.29) is 49.0 Å². The van der Waals surface area contributed by atoms with Crippen molar-refractivity contribution in [2.24, 2.45) is 29.0 Å². The van der Waals surface area contributed by atoms with Gasteiger partial charge in [0, 0.05) is 30.9 Å². The SMILES string of the molecule is CC[C@H](C)[C@@H]1NC(=O)[C@H](Cc2ccc(O)cc2)NC(=O)[C@@H](N)CSSC[C@@H](C(=O)N2CCC[C@H]2C(=O)N[C@@H](CC(C)C)C(=O)NCC(N)=O)NC(=O)[C@@H](CC(=O)O)NC(=O)[C@H](CCC(N)=O)NC1=O.O=C(O)C(F)(F)F. The number of alkyl halides is 3. The molecule has 2 saturated heterocycles. The number of rotatable bonds is 17. The third-order valence-electron chi connectivity index (χ3n) is 11.5. The molecule has 1 aromatic rings. The van der Waals surface area contributed by atoms with Crippen LogP contribution in [0.2, 0.25) is 0 Å². The van der Waals surface area contributed by atoms with Crippen LogP contribution in [-0.2, 0) is 64.0 Å². The maximum atomic E-state index is 14.5. The number of benzene rings is 1. The molecule has 2 heterocycles. The number of aromatic hydroxyl groups is 1. The summed E-state index contributed by atoms with van der Waals surface area (Å²) < 4.78 is 31.7. The number of carbonyl (C=O) groups is 12. The zero-order valence-electron chi connectivity index (χ0n) is 41.9. The van der Waals surface area contributed by atoms with E-state index in [0.717, 1.165) is 21.6 Å². The maximum Gasteiger partial charge on any atom is 0.490 e. The van der Waals surface area contributed by atoms with E-state index in [4.69, 9.17) is 27.1 Å². The van der Waals surface area contributed by atoms with Gasteiger partial charge in [-0.2, -0.15) is 13.2 Å². The second-order valence-electron chi connectivity index (χ2n) is 18.1.